The lowest BCUT2D eigenvalue weighted by molar-refractivity contribution is -0.358. The topological polar surface area (TPSA) is 167 Å². The van der Waals surface area contributed by atoms with Crippen LogP contribution in [0, 0.1) is 0 Å². The molecule has 0 radical (unpaired) electrons. The SMILES string of the molecule is C=CCO[C@H]1O[C@H](COCc2ccccc2)[C@@H](O[C@@H]2O[C@H](C(=O)OC)[C@@H](OCc3ccc(OC)cc3)[C@H](OCc3ccccc3)[C@H]2OCc2ccccc2)[C@H](OCc2ccccc2)[C@H]1N=[N+]=[N-]. The largest absolute Gasteiger partial charge is 0.497 e. The van der Waals surface area contributed by atoms with E-state index in [9.17, 15) is 10.3 Å². The van der Waals surface area contributed by atoms with Crippen LogP contribution >= 0.6 is 0 Å². The summed E-state index contributed by atoms with van der Waals surface area (Å²) in [6, 6.07) is 44.8. The van der Waals surface area contributed by atoms with Crippen molar-refractivity contribution in [1.29, 1.82) is 0 Å². The third kappa shape index (κ3) is 13.8. The molecule has 2 fully saturated rings. The van der Waals surface area contributed by atoms with E-state index in [1.807, 2.05) is 146 Å². The molecule has 10 atom stereocenters. The molecule has 15 heteroatoms. The standard InChI is InChI=1S/C52H57N3O12/c1-4-29-60-51-43(54-55-53)45(61-31-37-19-11-6-12-20-37)44(42(65-51)35-59-30-36-17-9-5-10-18-36)66-52-49(64-33-39-23-15-8-16-24-39)47(63-32-38-21-13-7-14-22-38)46(48(67-52)50(56)58-3)62-34-40-25-27-41(57-2)28-26-40/h4-28,42-49,51-52H,1,29-35H2,2-3H3/t42-,43-,44-,45-,46+,47+,48+,49-,51+,52-/m1/s1. The van der Waals surface area contributed by atoms with Crippen LogP contribution in [0.25, 0.3) is 10.4 Å². The summed E-state index contributed by atoms with van der Waals surface area (Å²) >= 11 is 0. The highest BCUT2D eigenvalue weighted by molar-refractivity contribution is 5.75. The molecule has 7 rings (SSSR count). The fraction of sp³-hybridized carbons (Fsp3) is 0.365. The average molecular weight is 916 g/mol. The molecule has 0 spiro atoms. The van der Waals surface area contributed by atoms with E-state index in [1.54, 1.807) is 13.2 Å². The van der Waals surface area contributed by atoms with Gasteiger partial charge in [-0.3, -0.25) is 0 Å². The number of benzene rings is 5. The molecule has 0 N–H and O–H groups in total. The first-order valence-corrected chi connectivity index (χ1v) is 22.1. The number of carbonyl (C=O) groups is 1. The second-order valence-electron chi connectivity index (χ2n) is 15.8. The first-order valence-electron chi connectivity index (χ1n) is 22.1. The Bertz CT molecular complexity index is 2270. The maximum atomic E-state index is 14.0. The molecule has 2 heterocycles. The Morgan fingerprint density at radius 2 is 1.09 bits per heavy atom. The van der Waals surface area contributed by atoms with Crippen molar-refractivity contribution in [3.8, 4) is 5.75 Å². The van der Waals surface area contributed by atoms with Crippen LogP contribution < -0.4 is 4.74 Å². The van der Waals surface area contributed by atoms with Gasteiger partial charge in [0.05, 0.1) is 60.5 Å². The zero-order valence-electron chi connectivity index (χ0n) is 37.6. The molecule has 352 valence electrons. The van der Waals surface area contributed by atoms with Gasteiger partial charge in [0.15, 0.2) is 18.7 Å². The van der Waals surface area contributed by atoms with Gasteiger partial charge < -0.3 is 52.1 Å². The number of hydrogen-bond acceptors (Lipinski definition) is 13. The molecule has 5 aromatic rings. The lowest BCUT2D eigenvalue weighted by Crippen LogP contribution is -2.66. The Kier molecular flexibility index (Phi) is 18.9. The van der Waals surface area contributed by atoms with Gasteiger partial charge in [0.1, 0.15) is 48.4 Å². The summed E-state index contributed by atoms with van der Waals surface area (Å²) in [5.41, 5.74) is 14.3. The third-order valence-electron chi connectivity index (χ3n) is 11.2. The molecule has 0 aromatic heterocycles. The van der Waals surface area contributed by atoms with Crippen molar-refractivity contribution in [3.05, 3.63) is 197 Å². The lowest BCUT2D eigenvalue weighted by Gasteiger charge is -2.49. The van der Waals surface area contributed by atoms with Crippen molar-refractivity contribution in [2.24, 2.45) is 5.11 Å². The Balaban J connectivity index is 1.30. The van der Waals surface area contributed by atoms with Crippen LogP contribution in [0.3, 0.4) is 0 Å². The van der Waals surface area contributed by atoms with E-state index in [-0.39, 0.29) is 46.2 Å². The highest BCUT2D eigenvalue weighted by Crippen LogP contribution is 2.37. The summed E-state index contributed by atoms with van der Waals surface area (Å²) in [4.78, 5) is 17.2. The van der Waals surface area contributed by atoms with E-state index in [4.69, 9.17) is 52.1 Å². The normalized spacial score (nSPS) is 24.8. The molecular weight excluding hydrogens is 859 g/mol. The van der Waals surface area contributed by atoms with Crippen molar-refractivity contribution < 1.29 is 56.9 Å². The Labute approximate surface area is 391 Å². The Morgan fingerprint density at radius 3 is 1.60 bits per heavy atom. The zero-order chi connectivity index (χ0) is 46.6. The van der Waals surface area contributed by atoms with Gasteiger partial charge in [-0.25, -0.2) is 4.79 Å². The second-order valence-corrected chi connectivity index (χ2v) is 15.8. The fourth-order valence-corrected chi connectivity index (χ4v) is 7.87. The van der Waals surface area contributed by atoms with Crippen LogP contribution in [0.5, 0.6) is 5.75 Å². The molecule has 0 amide bonds. The molecule has 0 bridgehead atoms. The van der Waals surface area contributed by atoms with Crippen LogP contribution in [-0.4, -0.2) is 94.8 Å². The van der Waals surface area contributed by atoms with E-state index in [0.29, 0.717) is 5.75 Å². The summed E-state index contributed by atoms with van der Waals surface area (Å²) in [5, 5.41) is 4.17. The number of rotatable bonds is 24. The van der Waals surface area contributed by atoms with E-state index in [2.05, 4.69) is 16.6 Å². The average Bonchev–Trinajstić information content (AvgIpc) is 3.38. The maximum absolute atomic E-state index is 14.0. The maximum Gasteiger partial charge on any atom is 0.337 e. The first-order chi connectivity index (χ1) is 33.0. The van der Waals surface area contributed by atoms with E-state index < -0.39 is 67.3 Å². The molecular formula is C52H57N3O12. The first kappa shape index (κ1) is 49.0. The van der Waals surface area contributed by atoms with Gasteiger partial charge >= 0.3 is 5.97 Å². The van der Waals surface area contributed by atoms with Gasteiger partial charge in [-0.05, 0) is 45.5 Å². The number of ether oxygens (including phenoxy) is 11. The number of azide groups is 1. The van der Waals surface area contributed by atoms with Crippen molar-refractivity contribution in [2.75, 3.05) is 27.4 Å². The molecule has 2 aliphatic heterocycles. The van der Waals surface area contributed by atoms with E-state index in [1.165, 1.54) is 7.11 Å². The van der Waals surface area contributed by atoms with Crippen LogP contribution in [0.1, 0.15) is 27.8 Å². The van der Waals surface area contributed by atoms with Crippen molar-refractivity contribution in [1.82, 2.24) is 0 Å². The van der Waals surface area contributed by atoms with Crippen LogP contribution in [0.15, 0.2) is 163 Å². The number of hydrogen-bond donors (Lipinski definition) is 0. The van der Waals surface area contributed by atoms with Gasteiger partial charge in [0, 0.05) is 4.91 Å². The summed E-state index contributed by atoms with van der Waals surface area (Å²) < 4.78 is 70.7. The Morgan fingerprint density at radius 1 is 0.597 bits per heavy atom. The summed E-state index contributed by atoms with van der Waals surface area (Å²) in [5.74, 6) is -0.0501. The number of esters is 1. The molecule has 2 aliphatic rings. The lowest BCUT2D eigenvalue weighted by atomic mass is 9.95. The number of methoxy groups -OCH3 is 2. The highest BCUT2D eigenvalue weighted by Gasteiger charge is 2.56. The second kappa shape index (κ2) is 25.8. The number of nitrogens with zero attached hydrogens (tertiary/aromatic N) is 3. The molecule has 0 aliphatic carbocycles. The fourth-order valence-electron chi connectivity index (χ4n) is 7.87. The van der Waals surface area contributed by atoms with Crippen LogP contribution in [-0.2, 0) is 85.2 Å². The van der Waals surface area contributed by atoms with E-state index >= 15 is 0 Å². The molecule has 2 saturated heterocycles. The highest BCUT2D eigenvalue weighted by atomic mass is 16.8. The summed E-state index contributed by atoms with van der Waals surface area (Å²) in [7, 11) is 2.87. The monoisotopic (exact) mass is 915 g/mol. The third-order valence-corrected chi connectivity index (χ3v) is 11.2. The van der Waals surface area contributed by atoms with Gasteiger partial charge in [-0.2, -0.15) is 0 Å². The van der Waals surface area contributed by atoms with Crippen LogP contribution in [0.2, 0.25) is 0 Å². The zero-order valence-corrected chi connectivity index (χ0v) is 37.6. The number of carbonyl (C=O) groups excluding carboxylic acids is 1. The predicted molar refractivity (Wildman–Crippen MR) is 246 cm³/mol. The Hall–Kier alpha value is -5.94. The molecule has 15 nitrogen and oxygen atoms in total. The molecule has 67 heavy (non-hydrogen) atoms. The van der Waals surface area contributed by atoms with Crippen molar-refractivity contribution in [3.63, 3.8) is 0 Å². The smallest absolute Gasteiger partial charge is 0.337 e. The summed E-state index contributed by atoms with van der Waals surface area (Å²) in [6.45, 7) is 4.50. The molecule has 5 aromatic carbocycles. The molecule has 0 unspecified atom stereocenters. The van der Waals surface area contributed by atoms with Crippen LogP contribution in [0.4, 0.5) is 0 Å². The minimum absolute atomic E-state index is 0.0219. The van der Waals surface area contributed by atoms with E-state index in [0.717, 1.165) is 27.8 Å². The molecule has 0 saturated carbocycles. The van der Waals surface area contributed by atoms with Gasteiger partial charge in [-0.15, -0.1) is 6.58 Å². The quantitative estimate of drug-likeness (QED) is 0.0191. The summed E-state index contributed by atoms with van der Waals surface area (Å²) in [6.07, 6.45) is -8.51. The van der Waals surface area contributed by atoms with Crippen molar-refractivity contribution in [2.45, 2.75) is 94.4 Å². The van der Waals surface area contributed by atoms with Gasteiger partial charge in [0.2, 0.25) is 0 Å². The minimum Gasteiger partial charge on any atom is -0.497 e. The predicted octanol–water partition coefficient (Wildman–Crippen LogP) is 8.44. The van der Waals surface area contributed by atoms with Gasteiger partial charge in [0.25, 0.3) is 0 Å². The van der Waals surface area contributed by atoms with Gasteiger partial charge in [-0.1, -0.05) is 145 Å². The minimum atomic E-state index is -1.39. The van der Waals surface area contributed by atoms with Crippen molar-refractivity contribution >= 4 is 5.97 Å².